The molecule has 7 nitrogen and oxygen atoms in total. The summed E-state index contributed by atoms with van der Waals surface area (Å²) in [4.78, 5) is 27.9. The van der Waals surface area contributed by atoms with Gasteiger partial charge < -0.3 is 20.3 Å². The largest absolute Gasteiger partial charge is 0.494 e. The molecular formula is C25H23ClF2N2O5. The van der Waals surface area contributed by atoms with Crippen molar-refractivity contribution in [1.29, 1.82) is 0 Å². The van der Waals surface area contributed by atoms with Crippen molar-refractivity contribution >= 4 is 23.3 Å². The molecule has 0 spiro atoms. The molecule has 0 saturated heterocycles. The fraction of sp³-hybridized carbons (Fsp3) is 0.240. The van der Waals surface area contributed by atoms with E-state index in [1.165, 1.54) is 44.4 Å². The third-order valence-corrected chi connectivity index (χ3v) is 5.58. The molecule has 0 aliphatic heterocycles. The number of rotatable bonds is 10. The second kappa shape index (κ2) is 10.8. The number of ether oxygens (including phenoxy) is 2. The monoisotopic (exact) mass is 504 g/mol. The first kappa shape index (κ1) is 26.1. The molecule has 184 valence electrons. The molecular weight excluding hydrogens is 482 g/mol. The third kappa shape index (κ3) is 6.32. The number of amides is 1. The number of aromatic nitrogens is 1. The molecule has 1 aromatic heterocycles. The van der Waals surface area contributed by atoms with Gasteiger partial charge in [0, 0.05) is 17.5 Å². The highest BCUT2D eigenvalue weighted by Gasteiger charge is 2.28. The number of methoxy groups -OCH3 is 1. The van der Waals surface area contributed by atoms with Crippen LogP contribution in [0.2, 0.25) is 5.02 Å². The molecule has 1 amide bonds. The molecule has 0 fully saturated rings. The average Bonchev–Trinajstić information content (AvgIpc) is 2.83. The number of carbonyl (C=O) groups is 2. The Kier molecular flexibility index (Phi) is 8.03. The molecule has 10 heteroatoms. The van der Waals surface area contributed by atoms with Gasteiger partial charge in [0.05, 0.1) is 17.8 Å². The SMILES string of the molecule is COc1ccc(C(C)(O)CCC(=O)c2ccc(OCC(N)=O)c(F)c2)nc1-c1ccc(F)c(Cl)c1. The Bertz CT molecular complexity index is 1270. The molecule has 2 aromatic carbocycles. The molecule has 0 radical (unpaired) electrons. The molecule has 3 rings (SSSR count). The van der Waals surface area contributed by atoms with E-state index in [2.05, 4.69) is 4.98 Å². The predicted octanol–water partition coefficient (Wildman–Crippen LogP) is 4.42. The lowest BCUT2D eigenvalue weighted by Gasteiger charge is -2.24. The highest BCUT2D eigenvalue weighted by molar-refractivity contribution is 6.31. The third-order valence-electron chi connectivity index (χ3n) is 5.29. The van der Waals surface area contributed by atoms with E-state index in [-0.39, 0.29) is 34.9 Å². The van der Waals surface area contributed by atoms with Crippen molar-refractivity contribution in [2.45, 2.75) is 25.4 Å². The van der Waals surface area contributed by atoms with E-state index in [9.17, 15) is 23.5 Å². The van der Waals surface area contributed by atoms with Crippen LogP contribution in [0.5, 0.6) is 11.5 Å². The van der Waals surface area contributed by atoms with E-state index in [0.717, 1.165) is 6.07 Å². The van der Waals surface area contributed by atoms with Crippen LogP contribution < -0.4 is 15.2 Å². The maximum absolute atomic E-state index is 14.2. The standard InChI is InChI=1S/C25H23ClF2N2O5/c1-25(33,10-9-19(31)14-4-6-20(18(28)12-14)35-13-23(29)32)22-8-7-21(34-2)24(30-22)15-3-5-17(27)16(26)11-15/h3-8,11-12,33H,9-10,13H2,1-2H3,(H2,29,32). The summed E-state index contributed by atoms with van der Waals surface area (Å²) in [6, 6.07) is 10.8. The number of aliphatic hydroxyl groups is 1. The zero-order valence-corrected chi connectivity index (χ0v) is 19.7. The van der Waals surface area contributed by atoms with Crippen LogP contribution in [0, 0.1) is 11.6 Å². The highest BCUT2D eigenvalue weighted by Crippen LogP contribution is 2.34. The summed E-state index contributed by atoms with van der Waals surface area (Å²) in [6.07, 6.45) is -0.129. The Labute approximate surface area is 205 Å². The Hall–Kier alpha value is -3.56. The van der Waals surface area contributed by atoms with E-state index in [1.54, 1.807) is 12.1 Å². The van der Waals surface area contributed by atoms with Gasteiger partial charge in [-0.25, -0.2) is 13.8 Å². The van der Waals surface area contributed by atoms with Crippen LogP contribution in [0.3, 0.4) is 0 Å². The zero-order chi connectivity index (χ0) is 25.8. The van der Waals surface area contributed by atoms with Crippen molar-refractivity contribution in [2.24, 2.45) is 5.73 Å². The van der Waals surface area contributed by atoms with Gasteiger partial charge >= 0.3 is 0 Å². The van der Waals surface area contributed by atoms with Crippen LogP contribution in [0.4, 0.5) is 8.78 Å². The topological polar surface area (TPSA) is 112 Å². The van der Waals surface area contributed by atoms with Gasteiger partial charge in [-0.15, -0.1) is 0 Å². The first-order valence-corrected chi connectivity index (χ1v) is 10.9. The predicted molar refractivity (Wildman–Crippen MR) is 125 cm³/mol. The highest BCUT2D eigenvalue weighted by atomic mass is 35.5. The number of pyridine rings is 1. The number of primary amides is 1. The number of carbonyl (C=O) groups excluding carboxylic acids is 2. The van der Waals surface area contributed by atoms with Gasteiger partial charge in [0.25, 0.3) is 5.91 Å². The van der Waals surface area contributed by atoms with Gasteiger partial charge in [-0.3, -0.25) is 9.59 Å². The molecule has 0 bridgehead atoms. The average molecular weight is 505 g/mol. The molecule has 1 unspecified atom stereocenters. The van der Waals surface area contributed by atoms with Crippen molar-refractivity contribution in [1.82, 2.24) is 4.98 Å². The Morgan fingerprint density at radius 3 is 2.43 bits per heavy atom. The minimum atomic E-state index is -1.52. The van der Waals surface area contributed by atoms with Crippen LogP contribution in [-0.4, -0.2) is 35.5 Å². The molecule has 0 aliphatic carbocycles. The van der Waals surface area contributed by atoms with Gasteiger partial charge in [-0.2, -0.15) is 0 Å². The smallest absolute Gasteiger partial charge is 0.255 e. The van der Waals surface area contributed by atoms with Crippen molar-refractivity contribution in [2.75, 3.05) is 13.7 Å². The molecule has 0 saturated carbocycles. The second-order valence-corrected chi connectivity index (χ2v) is 8.38. The summed E-state index contributed by atoms with van der Waals surface area (Å²) in [5, 5.41) is 11.0. The first-order chi connectivity index (χ1) is 16.5. The lowest BCUT2D eigenvalue weighted by molar-refractivity contribution is -0.120. The van der Waals surface area contributed by atoms with Gasteiger partial charge in [-0.1, -0.05) is 11.6 Å². The zero-order valence-electron chi connectivity index (χ0n) is 19.0. The molecule has 3 aromatic rings. The minimum absolute atomic E-state index is 0.0175. The number of Topliss-reactive ketones (excluding diaryl/α,β-unsaturated/α-hetero) is 1. The van der Waals surface area contributed by atoms with E-state index >= 15 is 0 Å². The Balaban J connectivity index is 1.77. The Morgan fingerprint density at radius 1 is 1.09 bits per heavy atom. The number of benzene rings is 2. The van der Waals surface area contributed by atoms with Crippen LogP contribution in [0.25, 0.3) is 11.3 Å². The molecule has 0 aliphatic rings. The van der Waals surface area contributed by atoms with Crippen LogP contribution in [0.15, 0.2) is 48.5 Å². The number of hydrogen-bond donors (Lipinski definition) is 2. The molecule has 35 heavy (non-hydrogen) atoms. The van der Waals surface area contributed by atoms with Gasteiger partial charge in [0.2, 0.25) is 0 Å². The fourth-order valence-electron chi connectivity index (χ4n) is 3.33. The lowest BCUT2D eigenvalue weighted by Crippen LogP contribution is -2.24. The maximum Gasteiger partial charge on any atom is 0.255 e. The quantitative estimate of drug-likeness (QED) is 0.395. The fourth-order valence-corrected chi connectivity index (χ4v) is 3.51. The summed E-state index contributed by atoms with van der Waals surface area (Å²) in [6.45, 7) is 1.01. The summed E-state index contributed by atoms with van der Waals surface area (Å²) in [7, 11) is 1.45. The number of hydrogen-bond acceptors (Lipinski definition) is 6. The van der Waals surface area contributed by atoms with E-state index in [1.807, 2.05) is 0 Å². The lowest BCUT2D eigenvalue weighted by atomic mass is 9.92. The second-order valence-electron chi connectivity index (χ2n) is 7.97. The van der Waals surface area contributed by atoms with E-state index < -0.39 is 35.5 Å². The van der Waals surface area contributed by atoms with Crippen molar-refractivity contribution in [3.63, 3.8) is 0 Å². The van der Waals surface area contributed by atoms with Gasteiger partial charge in [0.1, 0.15) is 22.9 Å². The van der Waals surface area contributed by atoms with Crippen LogP contribution >= 0.6 is 11.6 Å². The van der Waals surface area contributed by atoms with E-state index in [4.69, 9.17) is 26.8 Å². The first-order valence-electron chi connectivity index (χ1n) is 10.5. The molecule has 1 heterocycles. The summed E-state index contributed by atoms with van der Waals surface area (Å²) >= 11 is 5.90. The molecule has 1 atom stereocenters. The maximum atomic E-state index is 14.2. The summed E-state index contributed by atoms with van der Waals surface area (Å²) in [5.41, 5.74) is 4.60. The van der Waals surface area contributed by atoms with Crippen LogP contribution in [-0.2, 0) is 10.4 Å². The normalized spacial score (nSPS) is 12.6. The number of halogens is 3. The molecule has 3 N–H and O–H groups in total. The van der Waals surface area contributed by atoms with Crippen molar-refractivity contribution in [3.05, 3.63) is 76.4 Å². The summed E-state index contributed by atoms with van der Waals surface area (Å²) < 4.78 is 38.1. The van der Waals surface area contributed by atoms with E-state index in [0.29, 0.717) is 17.0 Å². The van der Waals surface area contributed by atoms with Crippen molar-refractivity contribution < 1.29 is 33.0 Å². The summed E-state index contributed by atoms with van der Waals surface area (Å²) in [5.74, 6) is -2.39. The van der Waals surface area contributed by atoms with Gasteiger partial charge in [0.15, 0.2) is 24.0 Å². The van der Waals surface area contributed by atoms with Crippen molar-refractivity contribution in [3.8, 4) is 22.8 Å². The van der Waals surface area contributed by atoms with Crippen LogP contribution in [0.1, 0.15) is 35.8 Å². The number of nitrogens with two attached hydrogens (primary N) is 1. The van der Waals surface area contributed by atoms with Gasteiger partial charge in [-0.05, 0) is 61.9 Å². The Morgan fingerprint density at radius 2 is 1.80 bits per heavy atom. The number of nitrogens with zero attached hydrogens (tertiary/aromatic N) is 1. The number of ketones is 1. The minimum Gasteiger partial charge on any atom is -0.494 e.